The maximum atomic E-state index is 13.0. The van der Waals surface area contributed by atoms with Crippen molar-refractivity contribution in [1.29, 1.82) is 0 Å². The van der Waals surface area contributed by atoms with Crippen LogP contribution in [0.15, 0.2) is 60.9 Å². The number of anilines is 2. The van der Waals surface area contributed by atoms with Crippen molar-refractivity contribution in [3.8, 4) is 5.75 Å². The molecule has 4 heterocycles. The molecule has 1 unspecified atom stereocenters. The van der Waals surface area contributed by atoms with E-state index in [0.29, 0.717) is 18.8 Å². The van der Waals surface area contributed by atoms with Crippen LogP contribution in [0.25, 0.3) is 16.7 Å². The Balaban J connectivity index is 1.36. The van der Waals surface area contributed by atoms with E-state index in [9.17, 15) is 4.79 Å². The minimum atomic E-state index is -0.100. The molecule has 158 valence electrons. The number of hydrogen-bond donors (Lipinski definition) is 1. The van der Waals surface area contributed by atoms with Gasteiger partial charge in [-0.1, -0.05) is 0 Å². The van der Waals surface area contributed by atoms with E-state index in [2.05, 4.69) is 25.7 Å². The van der Waals surface area contributed by atoms with E-state index in [4.69, 9.17) is 9.72 Å². The van der Waals surface area contributed by atoms with Gasteiger partial charge in [0.2, 0.25) is 5.91 Å². The van der Waals surface area contributed by atoms with E-state index in [-0.39, 0.29) is 11.8 Å². The highest BCUT2D eigenvalue weighted by Crippen LogP contribution is 2.29. The third kappa shape index (κ3) is 3.79. The van der Waals surface area contributed by atoms with Gasteiger partial charge in [-0.05, 0) is 68.3 Å². The molecule has 0 spiro atoms. The lowest BCUT2D eigenvalue weighted by Gasteiger charge is -2.33. The van der Waals surface area contributed by atoms with Crippen LogP contribution in [-0.4, -0.2) is 40.0 Å². The lowest BCUT2D eigenvalue weighted by molar-refractivity contribution is -0.120. The quantitative estimate of drug-likeness (QED) is 0.531. The molecule has 1 aliphatic heterocycles. The third-order valence-corrected chi connectivity index (χ3v) is 5.74. The number of carbonyl (C=O) groups excluding carboxylic acids is 1. The molecule has 1 fully saturated rings. The average Bonchev–Trinajstić information content (AvgIpc) is 3.30. The number of benzene rings is 1. The lowest BCUT2D eigenvalue weighted by Crippen LogP contribution is -2.41. The maximum Gasteiger partial charge on any atom is 0.229 e. The van der Waals surface area contributed by atoms with E-state index >= 15 is 0 Å². The molecule has 0 aliphatic carbocycles. The topological polar surface area (TPSA) is 71.8 Å². The monoisotopic (exact) mass is 415 g/mol. The van der Waals surface area contributed by atoms with Crippen molar-refractivity contribution in [2.24, 2.45) is 5.92 Å². The second-order valence-electron chi connectivity index (χ2n) is 7.78. The predicted molar refractivity (Wildman–Crippen MR) is 122 cm³/mol. The number of nitrogens with one attached hydrogen (secondary N) is 1. The Bertz CT molecular complexity index is 1220. The highest BCUT2D eigenvalue weighted by molar-refractivity contribution is 5.93. The Morgan fingerprint density at radius 1 is 1.16 bits per heavy atom. The molecule has 1 aliphatic rings. The van der Waals surface area contributed by atoms with Gasteiger partial charge in [-0.15, -0.1) is 0 Å². The zero-order valence-corrected chi connectivity index (χ0v) is 17.5. The number of hydrogen-bond acceptors (Lipinski definition) is 5. The van der Waals surface area contributed by atoms with Gasteiger partial charge in [0.05, 0.1) is 23.6 Å². The number of amides is 1. The van der Waals surface area contributed by atoms with Gasteiger partial charge in [-0.3, -0.25) is 4.79 Å². The highest BCUT2D eigenvalue weighted by atomic mass is 16.5. The molecular weight excluding hydrogens is 390 g/mol. The fraction of sp³-hybridized carbons (Fsp3) is 0.292. The summed E-state index contributed by atoms with van der Waals surface area (Å²) in [6.07, 6.45) is 5.60. The van der Waals surface area contributed by atoms with E-state index < -0.39 is 0 Å². The summed E-state index contributed by atoms with van der Waals surface area (Å²) in [6.45, 7) is 4.08. The SMILES string of the molecule is CCOc1ccc(NC(=O)C2CCCN(c3nc4ncccc4n4cccc34)C2)cc1. The first-order valence-corrected chi connectivity index (χ1v) is 10.7. The number of pyridine rings is 1. The molecule has 31 heavy (non-hydrogen) atoms. The number of carbonyl (C=O) groups is 1. The number of ether oxygens (including phenoxy) is 1. The van der Waals surface area contributed by atoms with Crippen molar-refractivity contribution < 1.29 is 9.53 Å². The summed E-state index contributed by atoms with van der Waals surface area (Å²) in [5.41, 5.74) is 3.51. The van der Waals surface area contributed by atoms with Gasteiger partial charge in [-0.25, -0.2) is 9.97 Å². The molecule has 3 aromatic heterocycles. The predicted octanol–water partition coefficient (Wildman–Crippen LogP) is 4.14. The van der Waals surface area contributed by atoms with E-state index in [1.807, 2.05) is 55.6 Å². The summed E-state index contributed by atoms with van der Waals surface area (Å²) in [5.74, 6) is 1.63. The number of piperidine rings is 1. The number of fused-ring (bicyclic) bond motifs is 3. The minimum Gasteiger partial charge on any atom is -0.494 e. The lowest BCUT2D eigenvalue weighted by atomic mass is 9.97. The van der Waals surface area contributed by atoms with Crippen LogP contribution < -0.4 is 15.0 Å². The van der Waals surface area contributed by atoms with Crippen LogP contribution in [0.5, 0.6) is 5.75 Å². The first-order valence-electron chi connectivity index (χ1n) is 10.7. The van der Waals surface area contributed by atoms with E-state index in [0.717, 1.165) is 47.7 Å². The molecule has 1 N–H and O–H groups in total. The zero-order chi connectivity index (χ0) is 21.2. The zero-order valence-electron chi connectivity index (χ0n) is 17.5. The van der Waals surface area contributed by atoms with Crippen molar-refractivity contribution >= 4 is 34.1 Å². The van der Waals surface area contributed by atoms with Gasteiger partial charge < -0.3 is 19.4 Å². The summed E-state index contributed by atoms with van der Waals surface area (Å²) in [5, 5.41) is 3.06. The van der Waals surface area contributed by atoms with Gasteiger partial charge in [0.1, 0.15) is 5.75 Å². The Morgan fingerprint density at radius 3 is 2.84 bits per heavy atom. The van der Waals surface area contributed by atoms with E-state index in [1.54, 1.807) is 6.20 Å². The first-order chi connectivity index (χ1) is 15.2. The van der Waals surface area contributed by atoms with Gasteiger partial charge in [0.25, 0.3) is 0 Å². The Labute approximate surface area is 180 Å². The van der Waals surface area contributed by atoms with Crippen LogP contribution in [0, 0.1) is 5.92 Å². The molecule has 5 rings (SSSR count). The second kappa shape index (κ2) is 8.26. The van der Waals surface area contributed by atoms with Crippen molar-refractivity contribution in [3.63, 3.8) is 0 Å². The molecule has 1 amide bonds. The van der Waals surface area contributed by atoms with Crippen LogP contribution in [0.1, 0.15) is 19.8 Å². The fourth-order valence-corrected chi connectivity index (χ4v) is 4.26. The largest absolute Gasteiger partial charge is 0.494 e. The maximum absolute atomic E-state index is 13.0. The summed E-state index contributed by atoms with van der Waals surface area (Å²) in [4.78, 5) is 24.5. The normalized spacial score (nSPS) is 16.5. The summed E-state index contributed by atoms with van der Waals surface area (Å²) < 4.78 is 7.59. The number of nitrogens with zero attached hydrogens (tertiary/aromatic N) is 4. The minimum absolute atomic E-state index is 0.0409. The molecule has 7 heteroatoms. The number of aromatic nitrogens is 3. The van der Waals surface area contributed by atoms with Gasteiger partial charge in [-0.2, -0.15) is 0 Å². The Morgan fingerprint density at radius 2 is 2.00 bits per heavy atom. The van der Waals surface area contributed by atoms with Gasteiger partial charge in [0.15, 0.2) is 11.5 Å². The van der Waals surface area contributed by atoms with Gasteiger partial charge >= 0.3 is 0 Å². The van der Waals surface area contributed by atoms with Crippen LogP contribution in [0.3, 0.4) is 0 Å². The van der Waals surface area contributed by atoms with Crippen LogP contribution >= 0.6 is 0 Å². The molecule has 4 aromatic rings. The first kappa shape index (κ1) is 19.4. The van der Waals surface area contributed by atoms with Crippen LogP contribution in [0.4, 0.5) is 11.5 Å². The standard InChI is InChI=1S/C24H25N5O2/c1-2-31-19-11-9-18(10-12-19)26-24(30)17-6-4-14-28(16-17)23-21-8-5-15-29(21)20-7-3-13-25-22(20)27-23/h3,5,7-13,15,17H,2,4,6,14,16H2,1H3,(H,26,30). The molecule has 0 radical (unpaired) electrons. The Hall–Kier alpha value is -3.61. The fourth-order valence-electron chi connectivity index (χ4n) is 4.26. The summed E-state index contributed by atoms with van der Waals surface area (Å²) in [6, 6.07) is 15.5. The molecule has 1 saturated heterocycles. The summed E-state index contributed by atoms with van der Waals surface area (Å²) in [7, 11) is 0. The van der Waals surface area contributed by atoms with Crippen molar-refractivity contribution in [3.05, 3.63) is 60.9 Å². The smallest absolute Gasteiger partial charge is 0.229 e. The molecular formula is C24H25N5O2. The van der Waals surface area contributed by atoms with Crippen molar-refractivity contribution in [1.82, 2.24) is 14.4 Å². The molecule has 1 atom stereocenters. The third-order valence-electron chi connectivity index (χ3n) is 5.74. The number of rotatable bonds is 5. The van der Waals surface area contributed by atoms with Crippen molar-refractivity contribution in [2.45, 2.75) is 19.8 Å². The Kier molecular flexibility index (Phi) is 5.16. The van der Waals surface area contributed by atoms with Crippen LogP contribution in [0.2, 0.25) is 0 Å². The summed E-state index contributed by atoms with van der Waals surface area (Å²) >= 11 is 0. The van der Waals surface area contributed by atoms with Crippen molar-refractivity contribution in [2.75, 3.05) is 29.9 Å². The molecule has 0 bridgehead atoms. The van der Waals surface area contributed by atoms with E-state index in [1.165, 1.54) is 0 Å². The molecule has 1 aromatic carbocycles. The highest BCUT2D eigenvalue weighted by Gasteiger charge is 2.28. The average molecular weight is 415 g/mol. The second-order valence-corrected chi connectivity index (χ2v) is 7.78. The molecule has 0 saturated carbocycles. The van der Waals surface area contributed by atoms with Crippen LogP contribution in [-0.2, 0) is 4.79 Å². The molecule has 7 nitrogen and oxygen atoms in total. The van der Waals surface area contributed by atoms with Gasteiger partial charge in [0, 0.05) is 31.2 Å².